The molecule has 0 aliphatic carbocycles. The summed E-state index contributed by atoms with van der Waals surface area (Å²) in [6, 6.07) is 6.21. The van der Waals surface area contributed by atoms with Gasteiger partial charge >= 0.3 is 0 Å². The number of aromatic nitrogens is 1. The Bertz CT molecular complexity index is 505. The third-order valence-electron chi connectivity index (χ3n) is 2.70. The number of benzene rings is 1. The maximum absolute atomic E-state index is 5.26. The molecule has 3 heteroatoms. The van der Waals surface area contributed by atoms with E-state index in [-0.39, 0.29) is 0 Å². The van der Waals surface area contributed by atoms with Crippen LogP contribution < -0.4 is 4.74 Å². The Hall–Kier alpha value is -1.35. The molecule has 0 N–H and O–H groups in total. The predicted molar refractivity (Wildman–Crippen MR) is 72.8 cm³/mol. The van der Waals surface area contributed by atoms with E-state index in [1.807, 2.05) is 6.07 Å². The average molecular weight is 247 g/mol. The van der Waals surface area contributed by atoms with Crippen LogP contribution in [-0.2, 0) is 6.42 Å². The lowest BCUT2D eigenvalue weighted by molar-refractivity contribution is 0.412. The fourth-order valence-electron chi connectivity index (χ4n) is 1.82. The fourth-order valence-corrected chi connectivity index (χ4v) is 2.67. The minimum atomic E-state index is 0.930. The maximum Gasteiger partial charge on any atom is 0.123 e. The molecule has 0 fully saturated rings. The van der Waals surface area contributed by atoms with Crippen LogP contribution in [0.5, 0.6) is 5.75 Å². The Kier molecular flexibility index (Phi) is 3.79. The SMILES string of the molecule is CCCc1csc(-c2ccc(OC)c(C)c2)n1. The minimum Gasteiger partial charge on any atom is -0.496 e. The number of nitrogens with zero attached hydrogens (tertiary/aromatic N) is 1. The van der Waals surface area contributed by atoms with E-state index in [1.54, 1.807) is 18.4 Å². The Morgan fingerprint density at radius 3 is 2.82 bits per heavy atom. The fraction of sp³-hybridized carbons (Fsp3) is 0.357. The summed E-state index contributed by atoms with van der Waals surface area (Å²) in [5.74, 6) is 0.930. The number of thiazole rings is 1. The van der Waals surface area contributed by atoms with Crippen LogP contribution in [-0.4, -0.2) is 12.1 Å². The first-order valence-electron chi connectivity index (χ1n) is 5.84. The van der Waals surface area contributed by atoms with Crippen molar-refractivity contribution in [1.82, 2.24) is 4.98 Å². The van der Waals surface area contributed by atoms with Crippen molar-refractivity contribution in [3.05, 3.63) is 34.8 Å². The summed E-state index contributed by atoms with van der Waals surface area (Å²) in [7, 11) is 1.70. The van der Waals surface area contributed by atoms with Gasteiger partial charge in [0.05, 0.1) is 12.8 Å². The summed E-state index contributed by atoms with van der Waals surface area (Å²) in [4.78, 5) is 4.64. The molecular formula is C14H17NOS. The van der Waals surface area contributed by atoms with Crippen molar-refractivity contribution < 1.29 is 4.74 Å². The summed E-state index contributed by atoms with van der Waals surface area (Å²) in [5, 5.41) is 3.25. The molecule has 1 aromatic carbocycles. The molecule has 0 unspecified atom stereocenters. The van der Waals surface area contributed by atoms with Crippen LogP contribution in [0.1, 0.15) is 24.6 Å². The number of rotatable bonds is 4. The van der Waals surface area contributed by atoms with Gasteiger partial charge in [-0.1, -0.05) is 13.3 Å². The number of methoxy groups -OCH3 is 1. The van der Waals surface area contributed by atoms with Crippen molar-refractivity contribution in [3.63, 3.8) is 0 Å². The van der Waals surface area contributed by atoms with E-state index in [1.165, 1.54) is 11.3 Å². The van der Waals surface area contributed by atoms with Crippen LogP contribution in [0.4, 0.5) is 0 Å². The quantitative estimate of drug-likeness (QED) is 0.812. The van der Waals surface area contributed by atoms with Gasteiger partial charge in [-0.15, -0.1) is 11.3 Å². The second-order valence-corrected chi connectivity index (χ2v) is 4.94. The highest BCUT2D eigenvalue weighted by Gasteiger charge is 2.06. The van der Waals surface area contributed by atoms with Gasteiger partial charge < -0.3 is 4.74 Å². The van der Waals surface area contributed by atoms with E-state index in [9.17, 15) is 0 Å². The van der Waals surface area contributed by atoms with Gasteiger partial charge in [-0.05, 0) is 37.1 Å². The van der Waals surface area contributed by atoms with Gasteiger partial charge in [0.25, 0.3) is 0 Å². The average Bonchev–Trinajstić information content (AvgIpc) is 2.78. The zero-order chi connectivity index (χ0) is 12.3. The number of hydrogen-bond donors (Lipinski definition) is 0. The van der Waals surface area contributed by atoms with Gasteiger partial charge in [-0.25, -0.2) is 4.98 Å². The van der Waals surface area contributed by atoms with Crippen LogP contribution in [0, 0.1) is 6.92 Å². The first-order chi connectivity index (χ1) is 8.24. The molecule has 0 aliphatic rings. The van der Waals surface area contributed by atoms with Gasteiger partial charge in [-0.2, -0.15) is 0 Å². The highest BCUT2D eigenvalue weighted by atomic mass is 32.1. The molecule has 0 radical (unpaired) electrons. The first-order valence-corrected chi connectivity index (χ1v) is 6.72. The Morgan fingerprint density at radius 1 is 1.35 bits per heavy atom. The summed E-state index contributed by atoms with van der Waals surface area (Å²) < 4.78 is 5.26. The van der Waals surface area contributed by atoms with E-state index in [2.05, 4.69) is 36.3 Å². The molecule has 1 heterocycles. The van der Waals surface area contributed by atoms with Crippen LogP contribution in [0.15, 0.2) is 23.6 Å². The van der Waals surface area contributed by atoms with Gasteiger partial charge in [0.1, 0.15) is 10.8 Å². The van der Waals surface area contributed by atoms with E-state index >= 15 is 0 Å². The molecule has 0 amide bonds. The van der Waals surface area contributed by atoms with Gasteiger partial charge in [-0.3, -0.25) is 0 Å². The largest absolute Gasteiger partial charge is 0.496 e. The van der Waals surface area contributed by atoms with Crippen molar-refractivity contribution in [2.24, 2.45) is 0 Å². The summed E-state index contributed by atoms with van der Waals surface area (Å²) in [6.45, 7) is 4.24. The number of aryl methyl sites for hydroxylation is 2. The van der Waals surface area contributed by atoms with E-state index in [4.69, 9.17) is 4.74 Å². The van der Waals surface area contributed by atoms with Gasteiger partial charge in [0, 0.05) is 10.9 Å². The van der Waals surface area contributed by atoms with Gasteiger partial charge in [0.2, 0.25) is 0 Å². The molecule has 17 heavy (non-hydrogen) atoms. The Morgan fingerprint density at radius 2 is 2.18 bits per heavy atom. The standard InChI is InChI=1S/C14H17NOS/c1-4-5-12-9-17-14(15-12)11-6-7-13(16-3)10(2)8-11/h6-9H,4-5H2,1-3H3. The topological polar surface area (TPSA) is 22.1 Å². The van der Waals surface area contributed by atoms with Crippen LogP contribution in [0.3, 0.4) is 0 Å². The lowest BCUT2D eigenvalue weighted by Crippen LogP contribution is -1.88. The lowest BCUT2D eigenvalue weighted by atomic mass is 10.1. The third-order valence-corrected chi connectivity index (χ3v) is 3.64. The van der Waals surface area contributed by atoms with Crippen molar-refractivity contribution in [2.75, 3.05) is 7.11 Å². The molecule has 2 rings (SSSR count). The van der Waals surface area contributed by atoms with Gasteiger partial charge in [0.15, 0.2) is 0 Å². The van der Waals surface area contributed by atoms with E-state index in [0.29, 0.717) is 0 Å². The highest BCUT2D eigenvalue weighted by Crippen LogP contribution is 2.28. The summed E-state index contributed by atoms with van der Waals surface area (Å²) >= 11 is 1.71. The maximum atomic E-state index is 5.26. The molecule has 2 aromatic rings. The normalized spacial score (nSPS) is 10.5. The van der Waals surface area contributed by atoms with Crippen molar-refractivity contribution in [3.8, 4) is 16.3 Å². The monoisotopic (exact) mass is 247 g/mol. The second kappa shape index (κ2) is 5.32. The second-order valence-electron chi connectivity index (χ2n) is 4.08. The Balaban J connectivity index is 2.29. The molecule has 0 spiro atoms. The molecule has 0 bridgehead atoms. The smallest absolute Gasteiger partial charge is 0.123 e. The first kappa shape index (κ1) is 12.1. The number of ether oxygens (including phenoxy) is 1. The van der Waals surface area contributed by atoms with Crippen LogP contribution >= 0.6 is 11.3 Å². The molecule has 2 nitrogen and oxygen atoms in total. The minimum absolute atomic E-state index is 0.930. The van der Waals surface area contributed by atoms with Crippen molar-refractivity contribution in [2.45, 2.75) is 26.7 Å². The molecule has 90 valence electrons. The number of hydrogen-bond acceptors (Lipinski definition) is 3. The summed E-state index contributed by atoms with van der Waals surface area (Å²) in [5.41, 5.74) is 3.52. The summed E-state index contributed by atoms with van der Waals surface area (Å²) in [6.07, 6.45) is 2.20. The van der Waals surface area contributed by atoms with Crippen LogP contribution in [0.2, 0.25) is 0 Å². The predicted octanol–water partition coefficient (Wildman–Crippen LogP) is 4.08. The van der Waals surface area contributed by atoms with Crippen molar-refractivity contribution >= 4 is 11.3 Å². The molecule has 1 aromatic heterocycles. The zero-order valence-corrected chi connectivity index (χ0v) is 11.3. The molecule has 0 aliphatic heterocycles. The third kappa shape index (κ3) is 2.67. The van der Waals surface area contributed by atoms with E-state index in [0.717, 1.165) is 29.2 Å². The molecular weight excluding hydrogens is 230 g/mol. The Labute approximate surface area is 106 Å². The zero-order valence-electron chi connectivity index (χ0n) is 10.5. The van der Waals surface area contributed by atoms with E-state index < -0.39 is 0 Å². The molecule has 0 saturated carbocycles. The van der Waals surface area contributed by atoms with Crippen LogP contribution in [0.25, 0.3) is 10.6 Å². The molecule has 0 saturated heterocycles. The lowest BCUT2D eigenvalue weighted by Gasteiger charge is -2.05. The highest BCUT2D eigenvalue weighted by molar-refractivity contribution is 7.13. The van der Waals surface area contributed by atoms with Crippen molar-refractivity contribution in [1.29, 1.82) is 0 Å². The molecule has 0 atom stereocenters.